The van der Waals surface area contributed by atoms with Crippen LogP contribution in [0, 0.1) is 0 Å². The van der Waals surface area contributed by atoms with Crippen LogP contribution in [0.5, 0.6) is 11.5 Å². The minimum absolute atomic E-state index is 0.0257. The highest BCUT2D eigenvalue weighted by molar-refractivity contribution is 7.94. The number of para-hydroxylation sites is 1. The van der Waals surface area contributed by atoms with Crippen molar-refractivity contribution in [2.24, 2.45) is 5.90 Å². The molecule has 2 N–H and O–H groups in total. The molecule has 0 aliphatic carbocycles. The summed E-state index contributed by atoms with van der Waals surface area (Å²) in [6, 6.07) is 13.1. The number of rotatable bonds is 7. The minimum atomic E-state index is -0.0257. The molecule has 1 heterocycles. The molecule has 0 unspecified atom stereocenters. The summed E-state index contributed by atoms with van der Waals surface area (Å²) >= 11 is 0.920. The monoisotopic (exact) mass is 360 g/mol. The van der Waals surface area contributed by atoms with E-state index in [1.54, 1.807) is 6.07 Å². The maximum Gasteiger partial charge on any atom is 0.166 e. The fraction of sp³-hybridized carbons (Fsp3) is 0.278. The first kappa shape index (κ1) is 17.8. The molecule has 0 radical (unpaired) electrons. The van der Waals surface area contributed by atoms with Crippen LogP contribution in [-0.4, -0.2) is 18.9 Å². The summed E-state index contributed by atoms with van der Waals surface area (Å²) < 4.78 is 11.0. The van der Waals surface area contributed by atoms with E-state index >= 15 is 0 Å². The quantitative estimate of drug-likeness (QED) is 0.345. The molecule has 0 saturated carbocycles. The molecule has 3 rings (SSSR count). The molecule has 0 bridgehead atoms. The molecule has 0 amide bonds. The number of hydrogen-bond acceptors (Lipinski definition) is 7. The van der Waals surface area contributed by atoms with Crippen molar-refractivity contribution in [1.29, 1.82) is 0 Å². The van der Waals surface area contributed by atoms with Gasteiger partial charge in [-0.3, -0.25) is 4.79 Å². The van der Waals surface area contributed by atoms with E-state index in [1.807, 2.05) is 36.4 Å². The molecule has 1 saturated heterocycles. The highest BCUT2D eigenvalue weighted by atomic mass is 32.2. The Hall–Kier alpha value is -2.06. The molecule has 25 heavy (non-hydrogen) atoms. The number of carbonyl (C=O) groups is 1. The number of nitrogens with two attached hydrogens (primary N) is 1. The topological polar surface area (TPSA) is 74.0 Å². The van der Waals surface area contributed by atoms with Crippen LogP contribution in [0.3, 0.4) is 0 Å². The molecular weight excluding hydrogens is 340 g/mol. The van der Waals surface area contributed by atoms with E-state index < -0.39 is 0 Å². The van der Waals surface area contributed by atoms with Gasteiger partial charge in [0.05, 0.1) is 22.6 Å². The molecule has 7 heteroatoms. The fourth-order valence-corrected chi connectivity index (χ4v) is 3.32. The lowest BCUT2D eigenvalue weighted by atomic mass is 10.1. The van der Waals surface area contributed by atoms with E-state index in [9.17, 15) is 4.79 Å². The number of anilines is 1. The largest absolute Gasteiger partial charge is 0.454 e. The van der Waals surface area contributed by atoms with E-state index in [2.05, 4.69) is 9.89 Å². The first-order chi connectivity index (χ1) is 12.2. The Morgan fingerprint density at radius 1 is 1.16 bits per heavy atom. The standard InChI is InChI=1S/C18H20N2O4S/c1-13(21)14-11-16(20-9-5-6-10-20)18(17(12-14)25-24-23-19)22-15-7-3-2-4-8-15/h2-4,7-8,11-12H,5-6,9-10,19H2,1H3. The maximum absolute atomic E-state index is 11.9. The maximum atomic E-state index is 11.9. The summed E-state index contributed by atoms with van der Waals surface area (Å²) in [5, 5.41) is 0. The van der Waals surface area contributed by atoms with Crippen molar-refractivity contribution in [3.63, 3.8) is 0 Å². The van der Waals surface area contributed by atoms with E-state index in [0.29, 0.717) is 22.0 Å². The van der Waals surface area contributed by atoms with Crippen molar-refractivity contribution < 1.29 is 18.9 Å². The number of benzene rings is 2. The average molecular weight is 360 g/mol. The Morgan fingerprint density at radius 3 is 2.52 bits per heavy atom. The minimum Gasteiger partial charge on any atom is -0.454 e. The number of ketones is 1. The van der Waals surface area contributed by atoms with Crippen LogP contribution < -0.4 is 15.5 Å². The van der Waals surface area contributed by atoms with Gasteiger partial charge in [0.2, 0.25) is 0 Å². The van der Waals surface area contributed by atoms with Gasteiger partial charge in [-0.1, -0.05) is 18.2 Å². The third kappa shape index (κ3) is 4.32. The number of Topliss-reactive ketones (excluding diaryl/α,β-unsaturated/α-hetero) is 1. The highest BCUT2D eigenvalue weighted by Gasteiger charge is 2.23. The van der Waals surface area contributed by atoms with Crippen molar-refractivity contribution in [2.45, 2.75) is 24.7 Å². The summed E-state index contributed by atoms with van der Waals surface area (Å²) in [5.74, 6) is 6.28. The molecule has 1 fully saturated rings. The third-order valence-corrected chi connectivity index (χ3v) is 4.64. The zero-order valence-corrected chi connectivity index (χ0v) is 14.8. The summed E-state index contributed by atoms with van der Waals surface area (Å²) in [6.07, 6.45) is 2.22. The third-order valence-electron chi connectivity index (χ3n) is 4.01. The smallest absolute Gasteiger partial charge is 0.166 e. The van der Waals surface area contributed by atoms with Gasteiger partial charge in [-0.25, -0.2) is 0 Å². The second-order valence-corrected chi connectivity index (χ2v) is 6.48. The molecule has 0 aromatic heterocycles. The predicted molar refractivity (Wildman–Crippen MR) is 96.6 cm³/mol. The Kier molecular flexibility index (Phi) is 5.93. The van der Waals surface area contributed by atoms with Crippen molar-refractivity contribution >= 4 is 23.5 Å². The van der Waals surface area contributed by atoms with Crippen LogP contribution in [0.1, 0.15) is 30.1 Å². The summed E-state index contributed by atoms with van der Waals surface area (Å²) in [4.78, 5) is 19.0. The van der Waals surface area contributed by atoms with Gasteiger partial charge in [-0.05, 0) is 44.0 Å². The van der Waals surface area contributed by atoms with Crippen molar-refractivity contribution in [3.8, 4) is 11.5 Å². The number of hydrogen-bond donors (Lipinski definition) is 1. The molecule has 2 aromatic rings. The number of nitrogens with zero attached hydrogens (tertiary/aromatic N) is 1. The van der Waals surface area contributed by atoms with Gasteiger partial charge in [0.15, 0.2) is 11.5 Å². The molecule has 1 aliphatic heterocycles. The SMILES string of the molecule is CC(=O)c1cc(SOON)c(Oc2ccccc2)c(N2CCCC2)c1. The molecule has 1 aliphatic rings. The molecule has 0 atom stereocenters. The van der Waals surface area contributed by atoms with E-state index in [-0.39, 0.29) is 5.78 Å². The van der Waals surface area contributed by atoms with Gasteiger partial charge in [-0.15, -0.1) is 9.32 Å². The summed E-state index contributed by atoms with van der Waals surface area (Å²) in [6.45, 7) is 3.38. The second kappa shape index (κ2) is 8.35. The Balaban J connectivity index is 2.07. The molecule has 0 spiro atoms. The summed E-state index contributed by atoms with van der Waals surface area (Å²) in [7, 11) is 0. The highest BCUT2D eigenvalue weighted by Crippen LogP contribution is 2.43. The van der Waals surface area contributed by atoms with Crippen LogP contribution in [0.4, 0.5) is 5.69 Å². The van der Waals surface area contributed by atoms with Crippen molar-refractivity contribution in [3.05, 3.63) is 48.0 Å². The Bertz CT molecular complexity index is 733. The van der Waals surface area contributed by atoms with Gasteiger partial charge in [0, 0.05) is 18.7 Å². The number of carbonyl (C=O) groups excluding carboxylic acids is 1. The number of ether oxygens (including phenoxy) is 1. The van der Waals surface area contributed by atoms with Gasteiger partial charge >= 0.3 is 0 Å². The normalized spacial score (nSPS) is 13.9. The van der Waals surface area contributed by atoms with Gasteiger partial charge in [0.1, 0.15) is 5.75 Å². The molecular formula is C18H20N2O4S. The second-order valence-electron chi connectivity index (χ2n) is 5.74. The first-order valence-electron chi connectivity index (χ1n) is 8.06. The lowest BCUT2D eigenvalue weighted by Gasteiger charge is -2.23. The van der Waals surface area contributed by atoms with Gasteiger partial charge in [0.25, 0.3) is 0 Å². The fourth-order valence-electron chi connectivity index (χ4n) is 2.81. The van der Waals surface area contributed by atoms with E-state index in [1.165, 1.54) is 6.92 Å². The Labute approximate surface area is 150 Å². The molecule has 6 nitrogen and oxygen atoms in total. The molecule has 2 aromatic carbocycles. The van der Waals surface area contributed by atoms with Crippen LogP contribution in [-0.2, 0) is 9.32 Å². The van der Waals surface area contributed by atoms with Crippen molar-refractivity contribution in [1.82, 2.24) is 0 Å². The van der Waals surface area contributed by atoms with Crippen LogP contribution >= 0.6 is 12.0 Å². The lowest BCUT2D eigenvalue weighted by molar-refractivity contribution is -0.195. The van der Waals surface area contributed by atoms with Gasteiger partial charge in [-0.2, -0.15) is 5.90 Å². The predicted octanol–water partition coefficient (Wildman–Crippen LogP) is 4.11. The van der Waals surface area contributed by atoms with Crippen LogP contribution in [0.25, 0.3) is 0 Å². The average Bonchev–Trinajstić information content (AvgIpc) is 3.15. The van der Waals surface area contributed by atoms with E-state index in [0.717, 1.165) is 43.7 Å². The van der Waals surface area contributed by atoms with Crippen LogP contribution in [0.15, 0.2) is 47.4 Å². The van der Waals surface area contributed by atoms with Crippen LogP contribution in [0.2, 0.25) is 0 Å². The zero-order chi connectivity index (χ0) is 17.6. The van der Waals surface area contributed by atoms with Crippen molar-refractivity contribution in [2.75, 3.05) is 18.0 Å². The summed E-state index contributed by atoms with van der Waals surface area (Å²) in [5.41, 5.74) is 1.46. The lowest BCUT2D eigenvalue weighted by Crippen LogP contribution is -2.19. The Morgan fingerprint density at radius 2 is 1.88 bits per heavy atom. The van der Waals surface area contributed by atoms with E-state index in [4.69, 9.17) is 15.0 Å². The zero-order valence-electron chi connectivity index (χ0n) is 13.9. The first-order valence-corrected chi connectivity index (χ1v) is 8.80. The molecule has 132 valence electrons. The van der Waals surface area contributed by atoms with Gasteiger partial charge < -0.3 is 9.64 Å².